The number of aromatic hydroxyl groups is 1. The number of phenolic OH excluding ortho intramolecular Hbond substituents is 1. The number of hydrogen-bond donors (Lipinski definition) is 2. The Morgan fingerprint density at radius 2 is 2.13 bits per heavy atom. The standard InChI is InChI=1S/C16H22N4O3/c1-11(10-19-13(3)6-12(2)18-19)8-17-9-14-7-15(21)4-5-16(14)20(22)23/h4-7,11,17,21H,8-10H2,1-3H3/t11-/m1/s1. The summed E-state index contributed by atoms with van der Waals surface area (Å²) in [6.45, 7) is 7.91. The highest BCUT2D eigenvalue weighted by Gasteiger charge is 2.14. The first-order valence-electron chi connectivity index (χ1n) is 7.55. The minimum Gasteiger partial charge on any atom is -0.508 e. The van der Waals surface area contributed by atoms with Crippen molar-refractivity contribution in [3.8, 4) is 5.75 Å². The molecule has 0 amide bonds. The topological polar surface area (TPSA) is 93.2 Å². The maximum absolute atomic E-state index is 11.0. The lowest BCUT2D eigenvalue weighted by Crippen LogP contribution is -2.25. The average molecular weight is 318 g/mol. The molecule has 23 heavy (non-hydrogen) atoms. The summed E-state index contributed by atoms with van der Waals surface area (Å²) < 4.78 is 1.97. The maximum Gasteiger partial charge on any atom is 0.274 e. The third-order valence-corrected chi connectivity index (χ3v) is 3.66. The van der Waals surface area contributed by atoms with Gasteiger partial charge in [-0.2, -0.15) is 5.10 Å². The van der Waals surface area contributed by atoms with Crippen molar-refractivity contribution in [1.82, 2.24) is 15.1 Å². The van der Waals surface area contributed by atoms with Gasteiger partial charge >= 0.3 is 0 Å². The lowest BCUT2D eigenvalue weighted by atomic mass is 10.1. The Morgan fingerprint density at radius 1 is 1.39 bits per heavy atom. The molecule has 2 aromatic rings. The van der Waals surface area contributed by atoms with Crippen molar-refractivity contribution in [3.05, 3.63) is 51.3 Å². The number of rotatable bonds is 7. The zero-order valence-electron chi connectivity index (χ0n) is 13.6. The van der Waals surface area contributed by atoms with E-state index in [4.69, 9.17) is 0 Å². The molecule has 0 aliphatic rings. The number of phenols is 1. The molecule has 2 rings (SSSR count). The predicted molar refractivity (Wildman–Crippen MR) is 87.3 cm³/mol. The highest BCUT2D eigenvalue weighted by Crippen LogP contribution is 2.23. The molecular weight excluding hydrogens is 296 g/mol. The fraction of sp³-hybridized carbons (Fsp3) is 0.438. The van der Waals surface area contributed by atoms with Gasteiger partial charge in [0.25, 0.3) is 5.69 Å². The van der Waals surface area contributed by atoms with Crippen LogP contribution in [0.1, 0.15) is 23.9 Å². The van der Waals surface area contributed by atoms with Gasteiger partial charge in [-0.15, -0.1) is 0 Å². The zero-order chi connectivity index (χ0) is 17.0. The molecule has 0 radical (unpaired) electrons. The Hall–Kier alpha value is -2.41. The first kappa shape index (κ1) is 17.0. The second-order valence-corrected chi connectivity index (χ2v) is 5.92. The van der Waals surface area contributed by atoms with E-state index in [0.717, 1.165) is 17.9 Å². The van der Waals surface area contributed by atoms with Crippen LogP contribution in [0, 0.1) is 29.9 Å². The fourth-order valence-corrected chi connectivity index (χ4v) is 2.56. The van der Waals surface area contributed by atoms with E-state index < -0.39 is 4.92 Å². The first-order chi connectivity index (χ1) is 10.9. The normalized spacial score (nSPS) is 12.3. The van der Waals surface area contributed by atoms with Gasteiger partial charge in [0, 0.05) is 30.4 Å². The summed E-state index contributed by atoms with van der Waals surface area (Å²) in [6, 6.07) is 6.12. The summed E-state index contributed by atoms with van der Waals surface area (Å²) in [4.78, 5) is 10.6. The molecular formula is C16H22N4O3. The Kier molecular flexibility index (Phi) is 5.33. The smallest absolute Gasteiger partial charge is 0.274 e. The molecule has 0 saturated carbocycles. The van der Waals surface area contributed by atoms with Crippen LogP contribution < -0.4 is 5.32 Å². The van der Waals surface area contributed by atoms with E-state index >= 15 is 0 Å². The van der Waals surface area contributed by atoms with Gasteiger partial charge in [0.15, 0.2) is 0 Å². The average Bonchev–Trinajstić information content (AvgIpc) is 2.76. The molecule has 0 aliphatic heterocycles. The van der Waals surface area contributed by atoms with E-state index in [1.54, 1.807) is 0 Å². The Balaban J connectivity index is 1.91. The van der Waals surface area contributed by atoms with Gasteiger partial charge in [0.05, 0.1) is 10.6 Å². The quantitative estimate of drug-likeness (QED) is 0.604. The third-order valence-electron chi connectivity index (χ3n) is 3.66. The van der Waals surface area contributed by atoms with Crippen molar-refractivity contribution >= 4 is 5.69 Å². The van der Waals surface area contributed by atoms with Gasteiger partial charge in [0.1, 0.15) is 5.75 Å². The second-order valence-electron chi connectivity index (χ2n) is 5.92. The number of benzene rings is 1. The van der Waals surface area contributed by atoms with Crippen LogP contribution in [-0.2, 0) is 13.1 Å². The van der Waals surface area contributed by atoms with Crippen molar-refractivity contribution in [2.24, 2.45) is 5.92 Å². The largest absolute Gasteiger partial charge is 0.508 e. The number of nitro benzene ring substituents is 1. The van der Waals surface area contributed by atoms with Crippen LogP contribution in [-0.4, -0.2) is 26.4 Å². The summed E-state index contributed by atoms with van der Waals surface area (Å²) in [5.41, 5.74) is 2.62. The third kappa shape index (κ3) is 4.53. The summed E-state index contributed by atoms with van der Waals surface area (Å²) >= 11 is 0. The molecule has 124 valence electrons. The van der Waals surface area contributed by atoms with E-state index in [-0.39, 0.29) is 11.4 Å². The van der Waals surface area contributed by atoms with Crippen LogP contribution in [0.15, 0.2) is 24.3 Å². The van der Waals surface area contributed by atoms with E-state index in [2.05, 4.69) is 17.3 Å². The monoisotopic (exact) mass is 318 g/mol. The zero-order valence-corrected chi connectivity index (χ0v) is 13.6. The van der Waals surface area contributed by atoms with Gasteiger partial charge in [-0.25, -0.2) is 0 Å². The molecule has 0 fully saturated rings. The summed E-state index contributed by atoms with van der Waals surface area (Å²) in [6.07, 6.45) is 0. The number of nitrogens with one attached hydrogen (secondary N) is 1. The number of nitro groups is 1. The second kappa shape index (κ2) is 7.23. The van der Waals surface area contributed by atoms with Gasteiger partial charge in [-0.3, -0.25) is 14.8 Å². The minimum atomic E-state index is -0.435. The van der Waals surface area contributed by atoms with Gasteiger partial charge in [0.2, 0.25) is 0 Å². The van der Waals surface area contributed by atoms with Crippen LogP contribution in [0.3, 0.4) is 0 Å². The van der Waals surface area contributed by atoms with Crippen LogP contribution in [0.2, 0.25) is 0 Å². The van der Waals surface area contributed by atoms with Crippen LogP contribution in [0.25, 0.3) is 0 Å². The lowest BCUT2D eigenvalue weighted by Gasteiger charge is -2.14. The molecule has 0 aliphatic carbocycles. The van der Waals surface area contributed by atoms with Crippen LogP contribution in [0.4, 0.5) is 5.69 Å². The van der Waals surface area contributed by atoms with E-state index in [1.807, 2.05) is 24.6 Å². The maximum atomic E-state index is 11.0. The molecule has 7 nitrogen and oxygen atoms in total. The van der Waals surface area contributed by atoms with Gasteiger partial charge in [-0.05, 0) is 44.5 Å². The predicted octanol–water partition coefficient (Wildman–Crippen LogP) is 2.54. The fourth-order valence-electron chi connectivity index (χ4n) is 2.56. The SMILES string of the molecule is Cc1cc(C)n(C[C@H](C)CNCc2cc(O)ccc2[N+](=O)[O-])n1. The van der Waals surface area contributed by atoms with E-state index in [1.165, 1.54) is 18.2 Å². The van der Waals surface area contributed by atoms with Crippen molar-refractivity contribution in [2.45, 2.75) is 33.9 Å². The van der Waals surface area contributed by atoms with Crippen molar-refractivity contribution in [3.63, 3.8) is 0 Å². The molecule has 1 heterocycles. The molecule has 1 aromatic heterocycles. The van der Waals surface area contributed by atoms with Crippen molar-refractivity contribution in [1.29, 1.82) is 0 Å². The number of aromatic nitrogens is 2. The molecule has 0 bridgehead atoms. The lowest BCUT2D eigenvalue weighted by molar-refractivity contribution is -0.385. The molecule has 0 saturated heterocycles. The summed E-state index contributed by atoms with van der Waals surface area (Å²) in [7, 11) is 0. The number of aryl methyl sites for hydroxylation is 2. The Morgan fingerprint density at radius 3 is 2.74 bits per heavy atom. The molecule has 7 heteroatoms. The number of nitrogens with zero attached hydrogens (tertiary/aromatic N) is 3. The molecule has 1 aromatic carbocycles. The van der Waals surface area contributed by atoms with E-state index in [9.17, 15) is 15.2 Å². The van der Waals surface area contributed by atoms with Gasteiger partial charge in [-0.1, -0.05) is 6.92 Å². The van der Waals surface area contributed by atoms with Crippen LogP contribution in [0.5, 0.6) is 5.75 Å². The Bertz CT molecular complexity index is 697. The summed E-state index contributed by atoms with van der Waals surface area (Å²) in [5.74, 6) is 0.354. The molecule has 2 N–H and O–H groups in total. The minimum absolute atomic E-state index is 0.0153. The summed E-state index contributed by atoms with van der Waals surface area (Å²) in [5, 5.41) is 28.1. The van der Waals surface area contributed by atoms with Crippen molar-refractivity contribution in [2.75, 3.05) is 6.54 Å². The molecule has 0 spiro atoms. The highest BCUT2D eigenvalue weighted by molar-refractivity contribution is 5.44. The van der Waals surface area contributed by atoms with Gasteiger partial charge < -0.3 is 10.4 Å². The highest BCUT2D eigenvalue weighted by atomic mass is 16.6. The first-order valence-corrected chi connectivity index (χ1v) is 7.55. The van der Waals surface area contributed by atoms with Crippen molar-refractivity contribution < 1.29 is 10.0 Å². The number of hydrogen-bond acceptors (Lipinski definition) is 5. The van der Waals surface area contributed by atoms with E-state index in [0.29, 0.717) is 24.6 Å². The molecule has 1 atom stereocenters. The molecule has 0 unspecified atom stereocenters. The van der Waals surface area contributed by atoms with Crippen LogP contribution >= 0.6 is 0 Å². The Labute approximate surface area is 135 Å².